The minimum absolute atomic E-state index is 0.0823. The van der Waals surface area contributed by atoms with Gasteiger partial charge in [0.1, 0.15) is 48.3 Å². The van der Waals surface area contributed by atoms with Crippen LogP contribution in [0.2, 0.25) is 0 Å². The molecule has 2 amide bonds. The topological polar surface area (TPSA) is 217 Å². The molecule has 0 unspecified atom stereocenters. The molecule has 2 heterocycles. The summed E-state index contributed by atoms with van der Waals surface area (Å²) < 4.78 is 123. The maximum absolute atomic E-state index is 14.1. The summed E-state index contributed by atoms with van der Waals surface area (Å²) in [6.07, 6.45) is 0. The molecule has 0 saturated carbocycles. The number of hydrogen-bond donors (Lipinski definition) is 3. The number of halogens is 4. The maximum atomic E-state index is 14.1. The standard InChI is InChI=1S/C25H28F2N2O6S.C17H20F2N2O5S/c1-24(2,15-34-14-16-6-9-18(33-5)10-7-16)21-13-22(35-29-21)28-23(30)25(3,4)36(31,32)20-11-8-17(26)12-19(20)27;1-16(2,9-22)13-8-14(26-21-13)20-15(23)17(3,4)27(24,25)12-6-5-10(18)7-11(12)19/h6-13H,14-15H2,1-5H3,(H,28,30);5-8,22H,9H2,1-4H3,(H,20,23). The van der Waals surface area contributed by atoms with E-state index in [0.29, 0.717) is 30.1 Å². The number of hydrogen-bond acceptors (Lipinski definition) is 13. The average Bonchev–Trinajstić information content (AvgIpc) is 3.89. The lowest BCUT2D eigenvalue weighted by Crippen LogP contribution is -2.44. The van der Waals surface area contributed by atoms with Gasteiger partial charge in [-0.05, 0) is 69.7 Å². The van der Waals surface area contributed by atoms with Crippen molar-refractivity contribution in [1.29, 1.82) is 0 Å². The Kier molecular flexibility index (Phi) is 15.1. The second-order valence-electron chi connectivity index (χ2n) is 16.5. The van der Waals surface area contributed by atoms with E-state index in [1.54, 1.807) is 21.0 Å². The fourth-order valence-electron chi connectivity index (χ4n) is 5.31. The molecule has 5 rings (SSSR count). The number of benzene rings is 3. The normalized spacial score (nSPS) is 12.6. The fourth-order valence-corrected chi connectivity index (χ4v) is 8.13. The Bertz CT molecular complexity index is 2660. The van der Waals surface area contributed by atoms with E-state index in [4.69, 9.17) is 18.5 Å². The first-order valence-corrected chi connectivity index (χ1v) is 21.9. The number of rotatable bonds is 16. The molecule has 0 saturated heterocycles. The molecule has 342 valence electrons. The predicted molar refractivity (Wildman–Crippen MR) is 221 cm³/mol. The van der Waals surface area contributed by atoms with Crippen molar-refractivity contribution in [3.63, 3.8) is 0 Å². The highest BCUT2D eigenvalue weighted by molar-refractivity contribution is 7.94. The Hall–Kier alpha value is -5.64. The lowest BCUT2D eigenvalue weighted by atomic mass is 9.90. The lowest BCUT2D eigenvalue weighted by Gasteiger charge is -2.23. The lowest BCUT2D eigenvalue weighted by molar-refractivity contribution is -0.118. The van der Waals surface area contributed by atoms with Crippen LogP contribution >= 0.6 is 0 Å². The highest BCUT2D eigenvalue weighted by atomic mass is 32.2. The van der Waals surface area contributed by atoms with Crippen LogP contribution in [0, 0.1) is 23.3 Å². The second kappa shape index (κ2) is 19.0. The number of nitrogens with one attached hydrogen (secondary N) is 2. The second-order valence-corrected chi connectivity index (χ2v) is 21.4. The van der Waals surface area contributed by atoms with Crippen LogP contribution in [0.1, 0.15) is 72.3 Å². The number of nitrogens with zero attached hydrogens (tertiary/aromatic N) is 2. The summed E-state index contributed by atoms with van der Waals surface area (Å²) in [6.45, 7) is 12.0. The molecule has 63 heavy (non-hydrogen) atoms. The van der Waals surface area contributed by atoms with Crippen molar-refractivity contribution in [2.24, 2.45) is 0 Å². The number of ether oxygens (including phenoxy) is 2. The van der Waals surface area contributed by atoms with Gasteiger partial charge in [-0.2, -0.15) is 0 Å². The van der Waals surface area contributed by atoms with E-state index >= 15 is 0 Å². The Balaban J connectivity index is 0.000000288. The first-order valence-electron chi connectivity index (χ1n) is 18.9. The minimum Gasteiger partial charge on any atom is -0.497 e. The molecule has 0 fully saturated rings. The van der Waals surface area contributed by atoms with Crippen LogP contribution < -0.4 is 15.4 Å². The van der Waals surface area contributed by atoms with Crippen LogP contribution in [0.25, 0.3) is 0 Å². The largest absolute Gasteiger partial charge is 0.497 e. The van der Waals surface area contributed by atoms with Gasteiger partial charge in [0.2, 0.25) is 23.6 Å². The van der Waals surface area contributed by atoms with Gasteiger partial charge in [-0.25, -0.2) is 34.4 Å². The van der Waals surface area contributed by atoms with Crippen molar-refractivity contribution in [1.82, 2.24) is 10.3 Å². The zero-order valence-corrected chi connectivity index (χ0v) is 37.4. The molecule has 0 aliphatic heterocycles. The highest BCUT2D eigenvalue weighted by Crippen LogP contribution is 2.32. The summed E-state index contributed by atoms with van der Waals surface area (Å²) in [5.74, 6) is -5.86. The Morgan fingerprint density at radius 3 is 1.44 bits per heavy atom. The summed E-state index contributed by atoms with van der Waals surface area (Å²) >= 11 is 0. The molecule has 0 aliphatic rings. The molecule has 3 aromatic carbocycles. The molecular weight excluding hydrogens is 877 g/mol. The van der Waals surface area contributed by atoms with Crippen LogP contribution in [0.3, 0.4) is 0 Å². The third kappa shape index (κ3) is 11.1. The number of aromatic nitrogens is 2. The number of anilines is 2. The summed E-state index contributed by atoms with van der Waals surface area (Å²) in [7, 11) is -7.41. The fraction of sp³-hybridized carbons (Fsp3) is 0.381. The Morgan fingerprint density at radius 2 is 1.06 bits per heavy atom. The summed E-state index contributed by atoms with van der Waals surface area (Å²) in [6, 6.07) is 14.3. The zero-order chi connectivity index (χ0) is 47.3. The number of amides is 2. The van der Waals surface area contributed by atoms with Crippen LogP contribution in [-0.4, -0.2) is 73.9 Å². The Labute approximate surface area is 362 Å². The van der Waals surface area contributed by atoms with Crippen molar-refractivity contribution < 1.29 is 67.6 Å². The van der Waals surface area contributed by atoms with Gasteiger partial charge in [-0.1, -0.05) is 50.1 Å². The van der Waals surface area contributed by atoms with Crippen molar-refractivity contribution in [2.75, 3.05) is 31.0 Å². The number of carbonyl (C=O) groups is 2. The molecular formula is C42H48F4N4O11S2. The van der Waals surface area contributed by atoms with Crippen molar-refractivity contribution in [3.05, 3.63) is 113 Å². The van der Waals surface area contributed by atoms with Crippen molar-refractivity contribution in [2.45, 2.75) is 92.1 Å². The monoisotopic (exact) mass is 924 g/mol. The van der Waals surface area contributed by atoms with E-state index in [0.717, 1.165) is 63.3 Å². The van der Waals surface area contributed by atoms with Crippen molar-refractivity contribution >= 4 is 43.3 Å². The molecule has 15 nitrogen and oxygen atoms in total. The third-order valence-corrected chi connectivity index (χ3v) is 14.8. The van der Waals surface area contributed by atoms with E-state index in [9.17, 15) is 49.1 Å². The van der Waals surface area contributed by atoms with Crippen LogP contribution in [0.5, 0.6) is 5.75 Å². The summed E-state index contributed by atoms with van der Waals surface area (Å²) in [4.78, 5) is 23.8. The minimum atomic E-state index is -4.51. The van der Waals surface area contributed by atoms with Gasteiger partial charge in [-0.3, -0.25) is 20.2 Å². The highest BCUT2D eigenvalue weighted by Gasteiger charge is 2.46. The molecule has 21 heteroatoms. The van der Waals surface area contributed by atoms with Crippen LogP contribution in [-0.2, 0) is 51.4 Å². The van der Waals surface area contributed by atoms with Gasteiger partial charge >= 0.3 is 0 Å². The molecule has 2 aromatic heterocycles. The first-order chi connectivity index (χ1) is 29.1. The molecule has 0 radical (unpaired) electrons. The molecule has 0 atom stereocenters. The van der Waals surface area contributed by atoms with E-state index in [1.807, 2.05) is 38.1 Å². The van der Waals surface area contributed by atoms with E-state index < -0.39 is 84.9 Å². The molecule has 0 bridgehead atoms. The molecule has 0 aliphatic carbocycles. The average molecular weight is 925 g/mol. The molecule has 5 aromatic rings. The predicted octanol–water partition coefficient (Wildman–Crippen LogP) is 7.06. The van der Waals surface area contributed by atoms with Gasteiger partial charge in [0.25, 0.3) is 0 Å². The van der Waals surface area contributed by atoms with Gasteiger partial charge in [0.05, 0.1) is 38.3 Å². The van der Waals surface area contributed by atoms with Gasteiger partial charge in [0.15, 0.2) is 19.7 Å². The number of carbonyl (C=O) groups excluding carboxylic acids is 2. The number of methoxy groups -OCH3 is 1. The van der Waals surface area contributed by atoms with Crippen molar-refractivity contribution in [3.8, 4) is 5.75 Å². The van der Waals surface area contributed by atoms with Gasteiger partial charge in [0, 0.05) is 35.1 Å². The Morgan fingerprint density at radius 1 is 0.651 bits per heavy atom. The van der Waals surface area contributed by atoms with Gasteiger partial charge in [-0.15, -0.1) is 0 Å². The smallest absolute Gasteiger partial charge is 0.248 e. The maximum Gasteiger partial charge on any atom is 0.248 e. The van der Waals surface area contributed by atoms with Gasteiger partial charge < -0.3 is 23.6 Å². The number of aliphatic hydroxyl groups excluding tert-OH is 1. The number of sulfone groups is 2. The molecule has 3 N–H and O–H groups in total. The van der Waals surface area contributed by atoms with E-state index in [1.165, 1.54) is 12.1 Å². The first kappa shape index (κ1) is 50.0. The van der Waals surface area contributed by atoms with Crippen LogP contribution in [0.15, 0.2) is 91.6 Å². The van der Waals surface area contributed by atoms with E-state index in [-0.39, 0.29) is 25.0 Å². The van der Waals surface area contributed by atoms with E-state index in [2.05, 4.69) is 20.9 Å². The van der Waals surface area contributed by atoms with Crippen LogP contribution in [0.4, 0.5) is 29.3 Å². The SMILES string of the molecule is CC(C)(CO)c1cc(NC(=O)C(C)(C)S(=O)(=O)c2ccc(F)cc2F)on1.COc1ccc(COCC(C)(C)c2cc(NC(=O)C(C)(C)S(=O)(=O)c3ccc(F)cc3F)on2)cc1. The summed E-state index contributed by atoms with van der Waals surface area (Å²) in [5.41, 5.74) is 0.451. The number of aliphatic hydroxyl groups is 1. The molecule has 0 spiro atoms. The summed E-state index contributed by atoms with van der Waals surface area (Å²) in [5, 5.41) is 21.7. The quantitative estimate of drug-likeness (QED) is 0.0668. The zero-order valence-electron chi connectivity index (χ0n) is 35.8. The third-order valence-electron chi connectivity index (χ3n) is 9.97.